The van der Waals surface area contributed by atoms with E-state index in [1.165, 1.54) is 0 Å². The smallest absolute Gasteiger partial charge is 0.189 e. The van der Waals surface area contributed by atoms with E-state index in [9.17, 15) is 0 Å². The third-order valence-corrected chi connectivity index (χ3v) is 4.95. The maximum atomic E-state index is 6.29. The number of benzene rings is 1. The number of aryl methyl sites for hydroxylation is 2. The van der Waals surface area contributed by atoms with E-state index in [0.717, 1.165) is 38.8 Å². The highest BCUT2D eigenvalue weighted by atomic mass is 35.5. The van der Waals surface area contributed by atoms with Gasteiger partial charge >= 0.3 is 0 Å². The zero-order valence-electron chi connectivity index (χ0n) is 17.0. The molecule has 2 heterocycles. The van der Waals surface area contributed by atoms with Crippen molar-refractivity contribution in [1.82, 2.24) is 40.4 Å². The quantitative estimate of drug-likeness (QED) is 0.407. The Kier molecular flexibility index (Phi) is 8.21. The number of tetrazole rings is 2. The van der Waals surface area contributed by atoms with Crippen molar-refractivity contribution in [3.05, 3.63) is 33.8 Å². The fourth-order valence-corrected chi connectivity index (χ4v) is 3.12. The summed E-state index contributed by atoms with van der Waals surface area (Å²) in [7, 11) is 0. The van der Waals surface area contributed by atoms with Gasteiger partial charge in [0.05, 0.1) is 10.0 Å². The Morgan fingerprint density at radius 2 is 1.23 bits per heavy atom. The molecule has 30 heavy (non-hydrogen) atoms. The van der Waals surface area contributed by atoms with Crippen molar-refractivity contribution in [2.75, 3.05) is 0 Å². The van der Waals surface area contributed by atoms with Gasteiger partial charge in [-0.2, -0.15) is 0 Å². The number of aromatic nitrogens is 8. The Hall–Kier alpha value is -2.46. The summed E-state index contributed by atoms with van der Waals surface area (Å²) in [5.74, 6) is 2.08. The second-order valence-corrected chi connectivity index (χ2v) is 7.45. The van der Waals surface area contributed by atoms with E-state index in [1.807, 2.05) is 0 Å². The topological polar surface area (TPSA) is 106 Å². The molecular formula is C18H24Cl2N8O2. The molecule has 0 radical (unpaired) electrons. The number of hydrogen-bond acceptors (Lipinski definition) is 8. The van der Waals surface area contributed by atoms with Gasteiger partial charge in [0, 0.05) is 19.2 Å². The largest absolute Gasteiger partial charge is 0.484 e. The average Bonchev–Trinajstić information content (AvgIpc) is 3.38. The first kappa shape index (κ1) is 22.2. The highest BCUT2D eigenvalue weighted by Gasteiger charge is 2.14. The first-order valence-electron chi connectivity index (χ1n) is 9.87. The summed E-state index contributed by atoms with van der Waals surface area (Å²) in [5.41, 5.74) is 0. The summed E-state index contributed by atoms with van der Waals surface area (Å²) in [6, 6.07) is 3.22. The zero-order valence-corrected chi connectivity index (χ0v) is 18.5. The molecule has 3 aromatic rings. The molecule has 0 aliphatic rings. The minimum atomic E-state index is 0.173. The molecule has 0 aliphatic carbocycles. The number of nitrogens with zero attached hydrogens (tertiary/aromatic N) is 8. The van der Waals surface area contributed by atoms with E-state index in [0.29, 0.717) is 33.2 Å². The van der Waals surface area contributed by atoms with Crippen LogP contribution in [0.5, 0.6) is 11.5 Å². The van der Waals surface area contributed by atoms with Crippen LogP contribution in [-0.4, -0.2) is 40.4 Å². The fourth-order valence-electron chi connectivity index (χ4n) is 2.63. The van der Waals surface area contributed by atoms with Crippen LogP contribution in [0.1, 0.15) is 51.2 Å². The Labute approximate surface area is 184 Å². The molecule has 0 saturated carbocycles. The maximum Gasteiger partial charge on any atom is 0.189 e. The van der Waals surface area contributed by atoms with Crippen LogP contribution in [0.4, 0.5) is 0 Å². The molecule has 1 aromatic carbocycles. The summed E-state index contributed by atoms with van der Waals surface area (Å²) in [5, 5.41) is 24.1. The zero-order chi connectivity index (χ0) is 21.3. The van der Waals surface area contributed by atoms with Crippen LogP contribution >= 0.6 is 23.2 Å². The molecule has 0 bridgehead atoms. The lowest BCUT2D eigenvalue weighted by Gasteiger charge is -2.13. The van der Waals surface area contributed by atoms with Crippen LogP contribution in [0, 0.1) is 0 Å². The molecule has 0 saturated heterocycles. The van der Waals surface area contributed by atoms with Gasteiger partial charge in [-0.25, -0.2) is 9.36 Å². The first-order valence-corrected chi connectivity index (χ1v) is 10.6. The highest BCUT2D eigenvalue weighted by Crippen LogP contribution is 2.36. The predicted molar refractivity (Wildman–Crippen MR) is 111 cm³/mol. The van der Waals surface area contributed by atoms with Crippen molar-refractivity contribution in [2.24, 2.45) is 0 Å². The molecule has 0 spiro atoms. The van der Waals surface area contributed by atoms with Crippen LogP contribution in [-0.2, 0) is 26.3 Å². The van der Waals surface area contributed by atoms with Crippen molar-refractivity contribution < 1.29 is 9.47 Å². The Bertz CT molecular complexity index is 875. The van der Waals surface area contributed by atoms with Crippen LogP contribution in [0.3, 0.4) is 0 Å². The van der Waals surface area contributed by atoms with E-state index in [-0.39, 0.29) is 13.2 Å². The molecule has 2 aromatic heterocycles. The molecule has 0 N–H and O–H groups in total. The van der Waals surface area contributed by atoms with Crippen molar-refractivity contribution in [3.63, 3.8) is 0 Å². The molecule has 0 aliphatic heterocycles. The van der Waals surface area contributed by atoms with Crippen molar-refractivity contribution in [1.29, 1.82) is 0 Å². The van der Waals surface area contributed by atoms with Crippen LogP contribution in [0.2, 0.25) is 10.0 Å². The van der Waals surface area contributed by atoms with E-state index in [4.69, 9.17) is 32.7 Å². The number of rotatable bonds is 12. The standard InChI is InChI=1S/C18H24Cl2N8O2/c1-3-5-7-27-17(21-23-25-27)11-29-15-10-16(14(20)9-13(15)19)30-12-18-22-24-26-28(18)8-6-4-2/h9-10H,3-8,11-12H2,1-2H3. The molecule has 0 unspecified atom stereocenters. The van der Waals surface area contributed by atoms with Gasteiger partial charge in [0.15, 0.2) is 11.6 Å². The Morgan fingerprint density at radius 1 is 0.767 bits per heavy atom. The maximum absolute atomic E-state index is 6.29. The van der Waals surface area contributed by atoms with Gasteiger partial charge in [-0.15, -0.1) is 10.2 Å². The number of ether oxygens (including phenoxy) is 2. The normalized spacial score (nSPS) is 11.1. The molecule has 0 amide bonds. The molecule has 10 nitrogen and oxygen atoms in total. The van der Waals surface area contributed by atoms with Gasteiger partial charge in [-0.3, -0.25) is 0 Å². The average molecular weight is 455 g/mol. The molecule has 12 heteroatoms. The van der Waals surface area contributed by atoms with Gasteiger partial charge in [-0.05, 0) is 39.8 Å². The third-order valence-electron chi connectivity index (χ3n) is 4.36. The van der Waals surface area contributed by atoms with Gasteiger partial charge in [0.25, 0.3) is 0 Å². The summed E-state index contributed by atoms with van der Waals surface area (Å²) < 4.78 is 15.1. The van der Waals surface area contributed by atoms with Crippen LogP contribution < -0.4 is 9.47 Å². The van der Waals surface area contributed by atoms with Crippen molar-refractivity contribution >= 4 is 23.2 Å². The van der Waals surface area contributed by atoms with Gasteiger partial charge in [0.1, 0.15) is 24.7 Å². The van der Waals surface area contributed by atoms with Crippen molar-refractivity contribution in [2.45, 2.75) is 65.8 Å². The first-order chi connectivity index (χ1) is 14.6. The van der Waals surface area contributed by atoms with E-state index >= 15 is 0 Å². The molecule has 162 valence electrons. The van der Waals surface area contributed by atoms with Gasteiger partial charge < -0.3 is 9.47 Å². The summed E-state index contributed by atoms with van der Waals surface area (Å²) in [4.78, 5) is 0. The van der Waals surface area contributed by atoms with Crippen LogP contribution in [0.25, 0.3) is 0 Å². The summed E-state index contributed by atoms with van der Waals surface area (Å²) >= 11 is 12.6. The SMILES string of the molecule is CCCCn1nnnc1COc1cc(OCc2nnnn2CCCC)c(Cl)cc1Cl. The lowest BCUT2D eigenvalue weighted by molar-refractivity contribution is 0.271. The Morgan fingerprint density at radius 3 is 1.67 bits per heavy atom. The molecule has 0 atom stereocenters. The number of unbranched alkanes of at least 4 members (excludes halogenated alkanes) is 2. The summed E-state index contributed by atoms with van der Waals surface area (Å²) in [6.07, 6.45) is 4.06. The summed E-state index contributed by atoms with van der Waals surface area (Å²) in [6.45, 7) is 6.03. The molecular weight excluding hydrogens is 431 g/mol. The lowest BCUT2D eigenvalue weighted by atomic mass is 10.3. The second kappa shape index (κ2) is 11.1. The van der Waals surface area contributed by atoms with Crippen molar-refractivity contribution in [3.8, 4) is 11.5 Å². The van der Waals surface area contributed by atoms with Gasteiger partial charge in [0.2, 0.25) is 0 Å². The van der Waals surface area contributed by atoms with Gasteiger partial charge in [-0.1, -0.05) is 49.9 Å². The Balaban J connectivity index is 1.66. The highest BCUT2D eigenvalue weighted by molar-refractivity contribution is 6.36. The monoisotopic (exact) mass is 454 g/mol. The van der Waals surface area contributed by atoms with E-state index in [1.54, 1.807) is 21.5 Å². The predicted octanol–water partition coefficient (Wildman–Crippen LogP) is 3.72. The minimum absolute atomic E-state index is 0.173. The number of hydrogen-bond donors (Lipinski definition) is 0. The van der Waals surface area contributed by atoms with Crippen LogP contribution in [0.15, 0.2) is 12.1 Å². The van der Waals surface area contributed by atoms with E-state index < -0.39 is 0 Å². The fraction of sp³-hybridized carbons (Fsp3) is 0.556. The van der Waals surface area contributed by atoms with E-state index in [2.05, 4.69) is 44.9 Å². The number of halogens is 2. The minimum Gasteiger partial charge on any atom is -0.484 e. The molecule has 0 fully saturated rings. The lowest BCUT2D eigenvalue weighted by Crippen LogP contribution is -2.10. The molecule has 3 rings (SSSR count). The second-order valence-electron chi connectivity index (χ2n) is 6.63. The third kappa shape index (κ3) is 5.79.